The number of hydrogen-bond donors (Lipinski definition) is 0. The molecule has 0 atom stereocenters. The minimum absolute atomic E-state index is 0.661. The largest absolute Gasteiger partial charge is 0.244 e. The quantitative estimate of drug-likeness (QED) is 0.518. The summed E-state index contributed by atoms with van der Waals surface area (Å²) in [5, 5.41) is 1.04. The van der Waals surface area contributed by atoms with Gasteiger partial charge in [0.1, 0.15) is 5.69 Å². The first-order valence-corrected chi connectivity index (χ1v) is 8.54. The molecule has 0 amide bonds. The molecule has 0 aliphatic rings. The smallest absolute Gasteiger partial charge is 0.178 e. The number of fused-ring (bicyclic) bond motifs is 1. The van der Waals surface area contributed by atoms with Gasteiger partial charge >= 0.3 is 0 Å². The molecule has 0 spiro atoms. The second kappa shape index (κ2) is 6.44. The molecule has 0 radical (unpaired) electrons. The monoisotopic (exact) mass is 325 g/mol. The van der Waals surface area contributed by atoms with Crippen LogP contribution in [0.3, 0.4) is 0 Å². The van der Waals surface area contributed by atoms with Gasteiger partial charge in [-0.1, -0.05) is 55.5 Å². The maximum atomic E-state index is 4.90. The maximum Gasteiger partial charge on any atom is 0.178 e. The Labute approximate surface area is 147 Å². The van der Waals surface area contributed by atoms with Crippen molar-refractivity contribution in [2.45, 2.75) is 20.3 Å². The minimum atomic E-state index is 0.661. The van der Waals surface area contributed by atoms with Crippen LogP contribution in [0, 0.1) is 6.92 Å². The Morgan fingerprint density at radius 1 is 0.840 bits per heavy atom. The molecule has 2 aromatic carbocycles. The Morgan fingerprint density at radius 2 is 1.64 bits per heavy atom. The standard InChI is InChI=1S/C22H19N3/c1-3-16-8-4-6-10-18(16)21-15(2)12-13-20(24-21)22-23-14-17-9-5-7-11-19(17)25-22/h4-14H,3H2,1-2H3. The van der Waals surface area contributed by atoms with Gasteiger partial charge in [-0.05, 0) is 36.6 Å². The third-order valence-electron chi connectivity index (χ3n) is 4.47. The van der Waals surface area contributed by atoms with Crippen molar-refractivity contribution in [2.24, 2.45) is 0 Å². The number of hydrogen-bond acceptors (Lipinski definition) is 3. The second-order valence-electron chi connectivity index (χ2n) is 6.13. The number of nitrogens with zero attached hydrogens (tertiary/aromatic N) is 3. The van der Waals surface area contributed by atoms with Gasteiger partial charge in [-0.2, -0.15) is 0 Å². The molecular weight excluding hydrogens is 306 g/mol. The highest BCUT2D eigenvalue weighted by Crippen LogP contribution is 2.28. The van der Waals surface area contributed by atoms with Crippen LogP contribution in [-0.2, 0) is 6.42 Å². The molecule has 25 heavy (non-hydrogen) atoms. The van der Waals surface area contributed by atoms with Crippen molar-refractivity contribution in [3.63, 3.8) is 0 Å². The van der Waals surface area contributed by atoms with Crippen LogP contribution in [0.2, 0.25) is 0 Å². The second-order valence-corrected chi connectivity index (χ2v) is 6.13. The molecule has 4 rings (SSSR count). The highest BCUT2D eigenvalue weighted by Gasteiger charge is 2.11. The van der Waals surface area contributed by atoms with Crippen LogP contribution in [0.5, 0.6) is 0 Å². The third-order valence-corrected chi connectivity index (χ3v) is 4.47. The Morgan fingerprint density at radius 3 is 2.52 bits per heavy atom. The fraction of sp³-hybridized carbons (Fsp3) is 0.136. The maximum absolute atomic E-state index is 4.90. The van der Waals surface area contributed by atoms with E-state index in [1.165, 1.54) is 11.1 Å². The summed E-state index contributed by atoms with van der Waals surface area (Å²) in [6.07, 6.45) is 2.84. The Hall–Kier alpha value is -3.07. The van der Waals surface area contributed by atoms with E-state index in [2.05, 4.69) is 54.1 Å². The van der Waals surface area contributed by atoms with Crippen molar-refractivity contribution in [3.8, 4) is 22.8 Å². The molecule has 0 fully saturated rings. The Kier molecular flexibility index (Phi) is 3.98. The van der Waals surface area contributed by atoms with Crippen molar-refractivity contribution < 1.29 is 0 Å². The molecule has 0 aliphatic carbocycles. The van der Waals surface area contributed by atoms with Crippen molar-refractivity contribution in [1.29, 1.82) is 0 Å². The van der Waals surface area contributed by atoms with Crippen LogP contribution >= 0.6 is 0 Å². The van der Waals surface area contributed by atoms with Gasteiger partial charge in [-0.3, -0.25) is 0 Å². The van der Waals surface area contributed by atoms with E-state index in [-0.39, 0.29) is 0 Å². The SMILES string of the molecule is CCc1ccccc1-c1nc(-c2ncc3ccccc3n2)ccc1C. The molecule has 0 saturated heterocycles. The van der Waals surface area contributed by atoms with E-state index >= 15 is 0 Å². The number of aromatic nitrogens is 3. The molecule has 3 heteroatoms. The van der Waals surface area contributed by atoms with E-state index in [0.29, 0.717) is 5.82 Å². The normalized spacial score (nSPS) is 11.0. The molecule has 0 N–H and O–H groups in total. The number of rotatable bonds is 3. The summed E-state index contributed by atoms with van der Waals surface area (Å²) in [6.45, 7) is 4.27. The molecule has 0 bridgehead atoms. The first-order chi connectivity index (χ1) is 12.3. The van der Waals surface area contributed by atoms with Crippen LogP contribution in [0.4, 0.5) is 0 Å². The summed E-state index contributed by atoms with van der Waals surface area (Å²) in [7, 11) is 0. The molecule has 4 aromatic rings. The van der Waals surface area contributed by atoms with Crippen molar-refractivity contribution in [3.05, 3.63) is 78.0 Å². The number of benzene rings is 2. The lowest BCUT2D eigenvalue weighted by atomic mass is 9.99. The van der Waals surface area contributed by atoms with Gasteiger partial charge in [0.15, 0.2) is 5.82 Å². The van der Waals surface area contributed by atoms with Crippen molar-refractivity contribution in [1.82, 2.24) is 15.0 Å². The van der Waals surface area contributed by atoms with Gasteiger partial charge in [0.2, 0.25) is 0 Å². The van der Waals surface area contributed by atoms with Crippen LogP contribution in [0.15, 0.2) is 66.9 Å². The summed E-state index contributed by atoms with van der Waals surface area (Å²) < 4.78 is 0. The molecule has 0 aliphatic heterocycles. The predicted molar refractivity (Wildman–Crippen MR) is 102 cm³/mol. The summed E-state index contributed by atoms with van der Waals surface area (Å²) in [5.41, 5.74) is 6.39. The van der Waals surface area contributed by atoms with E-state index in [1.807, 2.05) is 36.5 Å². The molecule has 0 unspecified atom stereocenters. The van der Waals surface area contributed by atoms with E-state index in [9.17, 15) is 0 Å². The number of aryl methyl sites for hydroxylation is 2. The topological polar surface area (TPSA) is 38.7 Å². The van der Waals surface area contributed by atoms with Gasteiger partial charge in [0.05, 0.1) is 11.2 Å². The Bertz CT molecular complexity index is 1050. The van der Waals surface area contributed by atoms with E-state index in [4.69, 9.17) is 4.98 Å². The van der Waals surface area contributed by atoms with Gasteiger partial charge < -0.3 is 0 Å². The zero-order valence-electron chi connectivity index (χ0n) is 14.4. The van der Waals surface area contributed by atoms with Crippen molar-refractivity contribution >= 4 is 10.9 Å². The minimum Gasteiger partial charge on any atom is -0.244 e. The fourth-order valence-electron chi connectivity index (χ4n) is 3.08. The highest BCUT2D eigenvalue weighted by molar-refractivity contribution is 5.79. The third kappa shape index (κ3) is 2.89. The Balaban J connectivity index is 1.86. The zero-order chi connectivity index (χ0) is 17.2. The molecule has 0 saturated carbocycles. The van der Waals surface area contributed by atoms with E-state index in [1.54, 1.807) is 0 Å². The van der Waals surface area contributed by atoms with Gasteiger partial charge in [-0.25, -0.2) is 15.0 Å². The number of para-hydroxylation sites is 1. The average Bonchev–Trinajstić information content (AvgIpc) is 2.68. The molecule has 2 heterocycles. The van der Waals surface area contributed by atoms with Gasteiger partial charge in [0.25, 0.3) is 0 Å². The van der Waals surface area contributed by atoms with Crippen LogP contribution < -0.4 is 0 Å². The number of pyridine rings is 1. The van der Waals surface area contributed by atoms with Crippen LogP contribution in [0.25, 0.3) is 33.7 Å². The van der Waals surface area contributed by atoms with E-state index in [0.717, 1.165) is 34.3 Å². The highest BCUT2D eigenvalue weighted by atomic mass is 14.9. The van der Waals surface area contributed by atoms with Crippen LogP contribution in [-0.4, -0.2) is 15.0 Å². The predicted octanol–water partition coefficient (Wildman–Crippen LogP) is 5.23. The van der Waals surface area contributed by atoms with Crippen molar-refractivity contribution in [2.75, 3.05) is 0 Å². The van der Waals surface area contributed by atoms with E-state index < -0.39 is 0 Å². The van der Waals surface area contributed by atoms with Gasteiger partial charge in [-0.15, -0.1) is 0 Å². The summed E-state index contributed by atoms with van der Waals surface area (Å²) in [4.78, 5) is 14.1. The molecule has 2 aromatic heterocycles. The average molecular weight is 325 g/mol. The lowest BCUT2D eigenvalue weighted by Gasteiger charge is -2.11. The first kappa shape index (κ1) is 15.5. The first-order valence-electron chi connectivity index (χ1n) is 8.54. The molecule has 3 nitrogen and oxygen atoms in total. The van der Waals surface area contributed by atoms with Crippen LogP contribution in [0.1, 0.15) is 18.1 Å². The lowest BCUT2D eigenvalue weighted by molar-refractivity contribution is 1.12. The summed E-state index contributed by atoms with van der Waals surface area (Å²) >= 11 is 0. The molecule has 122 valence electrons. The zero-order valence-corrected chi connectivity index (χ0v) is 14.4. The lowest BCUT2D eigenvalue weighted by Crippen LogP contribution is -1.97. The molecular formula is C22H19N3. The van der Waals surface area contributed by atoms with Gasteiger partial charge in [0, 0.05) is 17.1 Å². The fourth-order valence-corrected chi connectivity index (χ4v) is 3.08. The summed E-state index contributed by atoms with van der Waals surface area (Å²) in [6, 6.07) is 20.5. The summed E-state index contributed by atoms with van der Waals surface area (Å²) in [5.74, 6) is 0.661.